The molecule has 0 saturated carbocycles. The molecule has 0 fully saturated rings. The Hall–Kier alpha value is 0.576. The van der Waals surface area contributed by atoms with Gasteiger partial charge < -0.3 is 17.1 Å². The molecule has 0 spiro atoms. The second kappa shape index (κ2) is 12.3. The smallest absolute Gasteiger partial charge is 0.481 e. The standard InChI is InChI=1S/C3H4O4.C2H5.K/c4-2(5)1-3(6)7;1-2;/h1H2,(H,4,5)(H,6,7);1H2,2H3;/q;-1;+1. The summed E-state index contributed by atoms with van der Waals surface area (Å²) >= 11 is 0. The van der Waals surface area contributed by atoms with Gasteiger partial charge in [-0.05, 0) is 0 Å². The molecule has 0 heterocycles. The van der Waals surface area contributed by atoms with Crippen LogP contribution in [0.3, 0.4) is 0 Å². The molecular weight excluding hydrogens is 163 g/mol. The minimum atomic E-state index is -1.31. The van der Waals surface area contributed by atoms with Crippen LogP contribution in [0.4, 0.5) is 0 Å². The Morgan fingerprint density at radius 1 is 1.20 bits per heavy atom. The molecule has 10 heavy (non-hydrogen) atoms. The fourth-order valence-corrected chi connectivity index (χ4v) is 0.129. The van der Waals surface area contributed by atoms with E-state index >= 15 is 0 Å². The number of carboxylic acids is 2. The molecule has 2 N–H and O–H groups in total. The summed E-state index contributed by atoms with van der Waals surface area (Å²) in [6.45, 7) is 5.00. The predicted octanol–water partition coefficient (Wildman–Crippen LogP) is -2.61. The number of hydrogen-bond donors (Lipinski definition) is 2. The summed E-state index contributed by atoms with van der Waals surface area (Å²) in [5.74, 6) is -2.62. The monoisotopic (exact) mass is 172 g/mol. The van der Waals surface area contributed by atoms with E-state index in [9.17, 15) is 9.59 Å². The van der Waals surface area contributed by atoms with Gasteiger partial charge in [0.15, 0.2) is 0 Å². The minimum absolute atomic E-state index is 0. The van der Waals surface area contributed by atoms with E-state index in [0.717, 1.165) is 0 Å². The van der Waals surface area contributed by atoms with E-state index in [-0.39, 0.29) is 51.4 Å². The molecule has 0 aliphatic heterocycles. The van der Waals surface area contributed by atoms with Crippen molar-refractivity contribution in [2.75, 3.05) is 0 Å². The van der Waals surface area contributed by atoms with Crippen molar-refractivity contribution in [1.29, 1.82) is 0 Å². The first kappa shape index (κ1) is 16.9. The summed E-state index contributed by atoms with van der Waals surface area (Å²) in [5, 5.41) is 15.4. The SMILES string of the molecule is O=C(O)CC(=O)O.[CH2-]C.[K+]. The number of hydrogen-bond acceptors (Lipinski definition) is 2. The van der Waals surface area contributed by atoms with Gasteiger partial charge in [-0.25, -0.2) is 0 Å². The first-order chi connectivity index (χ1) is 4.13. The molecule has 0 amide bonds. The largest absolute Gasteiger partial charge is 1.00 e. The average molecular weight is 172 g/mol. The molecular formula is C5H9KO4. The van der Waals surface area contributed by atoms with Crippen LogP contribution in [-0.4, -0.2) is 22.2 Å². The third-order valence-corrected chi connectivity index (χ3v) is 0.302. The Bertz CT molecular complexity index is 89.8. The molecule has 0 radical (unpaired) electrons. The van der Waals surface area contributed by atoms with Crippen molar-refractivity contribution in [2.24, 2.45) is 0 Å². The van der Waals surface area contributed by atoms with Gasteiger partial charge in [-0.15, -0.1) is 0 Å². The zero-order chi connectivity index (χ0) is 7.86. The second-order valence-corrected chi connectivity index (χ2v) is 0.964. The van der Waals surface area contributed by atoms with E-state index in [2.05, 4.69) is 6.92 Å². The van der Waals surface area contributed by atoms with Crippen molar-refractivity contribution in [2.45, 2.75) is 13.3 Å². The maximum Gasteiger partial charge on any atom is 1.00 e. The van der Waals surface area contributed by atoms with Crippen molar-refractivity contribution in [3.63, 3.8) is 0 Å². The van der Waals surface area contributed by atoms with Crippen LogP contribution in [-0.2, 0) is 9.59 Å². The number of carboxylic acid groups (broad SMARTS) is 2. The molecule has 0 aliphatic carbocycles. The molecule has 0 aromatic carbocycles. The van der Waals surface area contributed by atoms with Crippen LogP contribution in [0.25, 0.3) is 0 Å². The quantitative estimate of drug-likeness (QED) is 0.272. The molecule has 0 unspecified atom stereocenters. The fourth-order valence-electron chi connectivity index (χ4n) is 0.129. The molecule has 0 aromatic rings. The molecule has 0 aliphatic rings. The maximum absolute atomic E-state index is 9.43. The third kappa shape index (κ3) is 23.5. The fraction of sp³-hybridized carbons (Fsp3) is 0.400. The second-order valence-electron chi connectivity index (χ2n) is 0.964. The van der Waals surface area contributed by atoms with E-state index in [0.29, 0.717) is 0 Å². The number of rotatable bonds is 2. The van der Waals surface area contributed by atoms with E-state index in [1.807, 2.05) is 0 Å². The average Bonchev–Trinajstić information content (AvgIpc) is 1.68. The zero-order valence-electron chi connectivity index (χ0n) is 6.13. The van der Waals surface area contributed by atoms with E-state index in [4.69, 9.17) is 10.2 Å². The van der Waals surface area contributed by atoms with Crippen molar-refractivity contribution < 1.29 is 71.2 Å². The molecule has 5 heteroatoms. The molecule has 0 aromatic heterocycles. The Balaban J connectivity index is -0.000000149. The van der Waals surface area contributed by atoms with E-state index in [1.54, 1.807) is 6.92 Å². The molecule has 4 nitrogen and oxygen atoms in total. The zero-order valence-corrected chi connectivity index (χ0v) is 9.25. The van der Waals surface area contributed by atoms with Crippen LogP contribution >= 0.6 is 0 Å². The predicted molar refractivity (Wildman–Crippen MR) is 30.9 cm³/mol. The summed E-state index contributed by atoms with van der Waals surface area (Å²) in [7, 11) is 0. The van der Waals surface area contributed by atoms with Gasteiger partial charge in [0.1, 0.15) is 6.42 Å². The van der Waals surface area contributed by atoms with E-state index < -0.39 is 18.4 Å². The minimum Gasteiger partial charge on any atom is -0.481 e. The molecule has 0 saturated heterocycles. The number of aliphatic carboxylic acids is 2. The summed E-state index contributed by atoms with van der Waals surface area (Å²) < 4.78 is 0. The first-order valence-electron chi connectivity index (χ1n) is 2.27. The van der Waals surface area contributed by atoms with Gasteiger partial charge in [-0.3, -0.25) is 9.59 Å². The first-order valence-corrected chi connectivity index (χ1v) is 2.27. The summed E-state index contributed by atoms with van der Waals surface area (Å²) in [5.41, 5.74) is 0. The van der Waals surface area contributed by atoms with Gasteiger partial charge >= 0.3 is 63.3 Å². The van der Waals surface area contributed by atoms with Crippen LogP contribution < -0.4 is 51.4 Å². The van der Waals surface area contributed by atoms with Crippen LogP contribution in [0, 0.1) is 6.92 Å². The molecule has 0 atom stereocenters. The summed E-state index contributed by atoms with van der Waals surface area (Å²) in [4.78, 5) is 18.9. The normalized spacial score (nSPS) is 6.20. The van der Waals surface area contributed by atoms with Crippen LogP contribution in [0.1, 0.15) is 13.3 Å². The Morgan fingerprint density at radius 3 is 1.40 bits per heavy atom. The van der Waals surface area contributed by atoms with Crippen LogP contribution in [0.5, 0.6) is 0 Å². The van der Waals surface area contributed by atoms with Gasteiger partial charge in [-0.1, -0.05) is 0 Å². The van der Waals surface area contributed by atoms with Crippen molar-refractivity contribution >= 4 is 11.9 Å². The van der Waals surface area contributed by atoms with Crippen LogP contribution in [0.2, 0.25) is 0 Å². The Kier molecular flexibility index (Phi) is 20.7. The van der Waals surface area contributed by atoms with Crippen LogP contribution in [0.15, 0.2) is 0 Å². The van der Waals surface area contributed by atoms with Gasteiger partial charge in [0, 0.05) is 0 Å². The Labute approximate surface area is 102 Å². The molecule has 54 valence electrons. The van der Waals surface area contributed by atoms with Gasteiger partial charge in [0.05, 0.1) is 0 Å². The van der Waals surface area contributed by atoms with Gasteiger partial charge in [0.2, 0.25) is 0 Å². The van der Waals surface area contributed by atoms with Gasteiger partial charge in [-0.2, -0.15) is 6.92 Å². The number of carbonyl (C=O) groups is 2. The van der Waals surface area contributed by atoms with E-state index in [1.165, 1.54) is 0 Å². The topological polar surface area (TPSA) is 74.6 Å². The maximum atomic E-state index is 9.43. The third-order valence-electron chi connectivity index (χ3n) is 0.302. The summed E-state index contributed by atoms with van der Waals surface area (Å²) in [6.07, 6.45) is -0.806. The summed E-state index contributed by atoms with van der Waals surface area (Å²) in [6, 6.07) is 0. The molecule has 0 bridgehead atoms. The van der Waals surface area contributed by atoms with Gasteiger partial charge in [0.25, 0.3) is 0 Å². The van der Waals surface area contributed by atoms with Crippen molar-refractivity contribution in [3.05, 3.63) is 6.92 Å². The van der Waals surface area contributed by atoms with Crippen molar-refractivity contribution in [1.82, 2.24) is 0 Å². The van der Waals surface area contributed by atoms with Crippen molar-refractivity contribution in [3.8, 4) is 0 Å². The molecule has 0 rings (SSSR count). The Morgan fingerprint density at radius 2 is 1.40 bits per heavy atom.